The largest absolute Gasteiger partial charge is 0.508 e. The molecule has 140 valence electrons. The number of hydrogen-bond acceptors (Lipinski definition) is 7. The number of phenols is 7. The molecule has 0 amide bonds. The van der Waals surface area contributed by atoms with Crippen LogP contribution in [0.5, 0.6) is 40.2 Å². The van der Waals surface area contributed by atoms with E-state index in [0.717, 1.165) is 0 Å². The number of benzene rings is 3. The minimum atomic E-state index is -1.34. The van der Waals surface area contributed by atoms with Crippen molar-refractivity contribution in [3.8, 4) is 40.2 Å². The summed E-state index contributed by atoms with van der Waals surface area (Å²) in [6.07, 6.45) is 0. The van der Waals surface area contributed by atoms with Crippen LogP contribution in [-0.2, 0) is 5.41 Å². The molecule has 0 aliphatic carbocycles. The lowest BCUT2D eigenvalue weighted by Crippen LogP contribution is -2.25. The predicted octanol–water partition coefficient (Wildman–Crippen LogP) is 2.98. The molecule has 0 heterocycles. The van der Waals surface area contributed by atoms with Crippen LogP contribution in [0.4, 0.5) is 0 Å². The van der Waals surface area contributed by atoms with Gasteiger partial charge in [0.2, 0.25) is 11.5 Å². The highest BCUT2D eigenvalue weighted by Crippen LogP contribution is 2.52. The maximum Gasteiger partial charge on any atom is 0.200 e. The van der Waals surface area contributed by atoms with Crippen LogP contribution in [0, 0.1) is 0 Å². The third kappa shape index (κ3) is 2.69. The molecule has 7 heteroatoms. The number of rotatable bonds is 3. The fraction of sp³-hybridized carbons (Fsp3) is 0.100. The van der Waals surface area contributed by atoms with Gasteiger partial charge in [0.1, 0.15) is 5.75 Å². The van der Waals surface area contributed by atoms with Gasteiger partial charge in [-0.1, -0.05) is 24.3 Å². The fourth-order valence-corrected chi connectivity index (χ4v) is 3.20. The van der Waals surface area contributed by atoms with Crippen LogP contribution in [0.15, 0.2) is 48.5 Å². The monoisotopic (exact) mass is 370 g/mol. The molecule has 0 spiro atoms. The van der Waals surface area contributed by atoms with Crippen molar-refractivity contribution >= 4 is 0 Å². The summed E-state index contributed by atoms with van der Waals surface area (Å²) in [7, 11) is 0. The van der Waals surface area contributed by atoms with E-state index in [1.165, 1.54) is 36.4 Å². The molecule has 3 aromatic rings. The van der Waals surface area contributed by atoms with E-state index in [1.54, 1.807) is 19.1 Å². The first kappa shape index (κ1) is 18.1. The number of aromatic hydroxyl groups is 7. The zero-order valence-electron chi connectivity index (χ0n) is 14.2. The summed E-state index contributed by atoms with van der Waals surface area (Å²) < 4.78 is 0. The summed E-state index contributed by atoms with van der Waals surface area (Å²) in [6.45, 7) is 1.61. The molecular formula is C20H18O7. The normalized spacial score (nSPS) is 11.4. The van der Waals surface area contributed by atoms with E-state index in [0.29, 0.717) is 5.56 Å². The van der Waals surface area contributed by atoms with Crippen LogP contribution in [0.25, 0.3) is 0 Å². The molecule has 3 aromatic carbocycles. The van der Waals surface area contributed by atoms with Crippen molar-refractivity contribution in [3.63, 3.8) is 0 Å². The molecule has 0 aliphatic heterocycles. The Balaban J connectivity index is 2.40. The molecule has 0 aromatic heterocycles. The standard InChI is InChI=1S/C20H18O7/c1-20(10-2-4-11(21)5-3-10,12-6-8-14(22)18(26)16(12)24)13-7-9-15(23)19(27)17(13)25/h2-9,21-27H,1H3. The highest BCUT2D eigenvalue weighted by molar-refractivity contribution is 5.66. The van der Waals surface area contributed by atoms with Gasteiger partial charge >= 0.3 is 0 Å². The average molecular weight is 370 g/mol. The van der Waals surface area contributed by atoms with Crippen LogP contribution in [-0.4, -0.2) is 35.7 Å². The van der Waals surface area contributed by atoms with E-state index in [-0.39, 0.29) is 16.9 Å². The molecule has 0 fully saturated rings. The molecule has 7 N–H and O–H groups in total. The molecule has 0 bridgehead atoms. The second-order valence-corrected chi connectivity index (χ2v) is 6.33. The molecule has 0 aliphatic rings. The van der Waals surface area contributed by atoms with Gasteiger partial charge in [-0.25, -0.2) is 0 Å². The van der Waals surface area contributed by atoms with Crippen molar-refractivity contribution in [1.29, 1.82) is 0 Å². The predicted molar refractivity (Wildman–Crippen MR) is 96.5 cm³/mol. The lowest BCUT2D eigenvalue weighted by molar-refractivity contribution is 0.355. The molecule has 3 rings (SSSR count). The quantitative estimate of drug-likeness (QED) is 0.277. The maximum atomic E-state index is 10.5. The van der Waals surface area contributed by atoms with E-state index in [4.69, 9.17) is 0 Å². The van der Waals surface area contributed by atoms with Crippen LogP contribution < -0.4 is 0 Å². The minimum absolute atomic E-state index is 0.00310. The highest BCUT2D eigenvalue weighted by atomic mass is 16.3. The van der Waals surface area contributed by atoms with E-state index in [1.807, 2.05) is 0 Å². The SMILES string of the molecule is CC(c1ccc(O)cc1)(c1ccc(O)c(O)c1O)c1ccc(O)c(O)c1O. The molecule has 0 saturated heterocycles. The van der Waals surface area contributed by atoms with E-state index in [9.17, 15) is 35.7 Å². The Morgan fingerprint density at radius 2 is 0.926 bits per heavy atom. The topological polar surface area (TPSA) is 142 Å². The van der Waals surface area contributed by atoms with Gasteiger partial charge in [0, 0.05) is 16.5 Å². The Bertz CT molecular complexity index is 952. The van der Waals surface area contributed by atoms with E-state index < -0.39 is 39.9 Å². The van der Waals surface area contributed by atoms with Crippen LogP contribution in [0.2, 0.25) is 0 Å². The molecular weight excluding hydrogens is 352 g/mol. The van der Waals surface area contributed by atoms with Crippen molar-refractivity contribution in [2.45, 2.75) is 12.3 Å². The van der Waals surface area contributed by atoms with Gasteiger partial charge in [0.25, 0.3) is 0 Å². The van der Waals surface area contributed by atoms with Crippen molar-refractivity contribution in [1.82, 2.24) is 0 Å². The number of hydrogen-bond donors (Lipinski definition) is 7. The van der Waals surface area contributed by atoms with Crippen molar-refractivity contribution < 1.29 is 35.7 Å². The molecule has 0 unspecified atom stereocenters. The third-order valence-corrected chi connectivity index (χ3v) is 4.78. The molecule has 0 atom stereocenters. The van der Waals surface area contributed by atoms with Crippen LogP contribution in [0.1, 0.15) is 23.6 Å². The first-order valence-electron chi connectivity index (χ1n) is 7.96. The summed E-state index contributed by atoms with van der Waals surface area (Å²) in [5.41, 5.74) is -0.619. The summed E-state index contributed by atoms with van der Waals surface area (Å²) >= 11 is 0. The van der Waals surface area contributed by atoms with Gasteiger partial charge in [-0.2, -0.15) is 0 Å². The third-order valence-electron chi connectivity index (χ3n) is 4.78. The zero-order valence-corrected chi connectivity index (χ0v) is 14.2. The van der Waals surface area contributed by atoms with Gasteiger partial charge in [0.05, 0.1) is 0 Å². The fourth-order valence-electron chi connectivity index (χ4n) is 3.20. The molecule has 0 radical (unpaired) electrons. The van der Waals surface area contributed by atoms with Gasteiger partial charge < -0.3 is 35.7 Å². The van der Waals surface area contributed by atoms with Gasteiger partial charge in [-0.15, -0.1) is 0 Å². The summed E-state index contributed by atoms with van der Waals surface area (Å²) in [5.74, 6) is -3.75. The Morgan fingerprint density at radius 1 is 0.519 bits per heavy atom. The second kappa shape index (κ2) is 6.21. The van der Waals surface area contributed by atoms with Crippen molar-refractivity contribution in [2.24, 2.45) is 0 Å². The number of phenolic OH excluding ortho intramolecular Hbond substituents is 7. The maximum absolute atomic E-state index is 10.5. The Hall–Kier alpha value is -3.74. The smallest absolute Gasteiger partial charge is 0.200 e. The first-order valence-corrected chi connectivity index (χ1v) is 7.96. The van der Waals surface area contributed by atoms with Crippen molar-refractivity contribution in [2.75, 3.05) is 0 Å². The highest BCUT2D eigenvalue weighted by Gasteiger charge is 2.38. The molecule has 7 nitrogen and oxygen atoms in total. The van der Waals surface area contributed by atoms with Gasteiger partial charge in [-0.05, 0) is 36.8 Å². The van der Waals surface area contributed by atoms with Crippen LogP contribution >= 0.6 is 0 Å². The Kier molecular flexibility index (Phi) is 4.15. The Morgan fingerprint density at radius 3 is 1.33 bits per heavy atom. The van der Waals surface area contributed by atoms with E-state index in [2.05, 4.69) is 0 Å². The first-order chi connectivity index (χ1) is 12.7. The van der Waals surface area contributed by atoms with E-state index >= 15 is 0 Å². The van der Waals surface area contributed by atoms with Crippen molar-refractivity contribution in [3.05, 3.63) is 65.2 Å². The summed E-state index contributed by atoms with van der Waals surface area (Å²) in [4.78, 5) is 0. The average Bonchev–Trinajstić information content (AvgIpc) is 2.64. The van der Waals surface area contributed by atoms with Gasteiger partial charge in [0.15, 0.2) is 23.0 Å². The minimum Gasteiger partial charge on any atom is -0.508 e. The second-order valence-electron chi connectivity index (χ2n) is 6.33. The van der Waals surface area contributed by atoms with Gasteiger partial charge in [-0.3, -0.25) is 0 Å². The zero-order chi connectivity index (χ0) is 19.9. The molecule has 0 saturated carbocycles. The lowest BCUT2D eigenvalue weighted by Gasteiger charge is -2.33. The lowest BCUT2D eigenvalue weighted by atomic mass is 9.70. The van der Waals surface area contributed by atoms with Crippen LogP contribution in [0.3, 0.4) is 0 Å². The summed E-state index contributed by atoms with van der Waals surface area (Å²) in [6, 6.07) is 11.0. The Labute approximate surface area is 154 Å². The summed E-state index contributed by atoms with van der Waals surface area (Å²) in [5, 5.41) is 69.7. The molecule has 27 heavy (non-hydrogen) atoms.